The third-order valence-electron chi connectivity index (χ3n) is 3.75. The maximum atomic E-state index is 4.29. The molecule has 25 heavy (non-hydrogen) atoms. The first-order chi connectivity index (χ1) is 12.0. The third kappa shape index (κ3) is 6.97. The molecule has 0 aliphatic rings. The molecule has 6 nitrogen and oxygen atoms in total. The average Bonchev–Trinajstić information content (AvgIpc) is 3.07. The Kier molecular flexibility index (Phi) is 7.01. The molecule has 0 aliphatic heterocycles. The van der Waals surface area contributed by atoms with Crippen LogP contribution in [-0.4, -0.2) is 41.4 Å². The lowest BCUT2D eigenvalue weighted by molar-refractivity contribution is 0.428. The normalized spacial score (nSPS) is 12.2. The van der Waals surface area contributed by atoms with Crippen LogP contribution in [0.4, 0.5) is 0 Å². The molecule has 0 saturated heterocycles. The molecule has 0 unspecified atom stereocenters. The van der Waals surface area contributed by atoms with Gasteiger partial charge in [0.25, 0.3) is 0 Å². The molecular formula is C19H30N6. The first kappa shape index (κ1) is 19.0. The highest BCUT2D eigenvalue weighted by atomic mass is 15.3. The maximum absolute atomic E-state index is 4.29. The Balaban J connectivity index is 1.85. The lowest BCUT2D eigenvalue weighted by Crippen LogP contribution is -2.44. The van der Waals surface area contributed by atoms with Gasteiger partial charge >= 0.3 is 0 Å². The molecule has 0 saturated carbocycles. The van der Waals surface area contributed by atoms with E-state index >= 15 is 0 Å². The highest BCUT2D eigenvalue weighted by Gasteiger charge is 2.08. The number of hydrogen-bond acceptors (Lipinski definition) is 3. The monoisotopic (exact) mass is 342 g/mol. The molecule has 2 rings (SSSR count). The lowest BCUT2D eigenvalue weighted by Gasteiger charge is -2.21. The Hall–Kier alpha value is -2.34. The summed E-state index contributed by atoms with van der Waals surface area (Å²) in [5.74, 6) is 0.810. The van der Waals surface area contributed by atoms with Crippen molar-refractivity contribution in [3.8, 4) is 0 Å². The van der Waals surface area contributed by atoms with Crippen molar-refractivity contribution in [3.63, 3.8) is 0 Å². The van der Waals surface area contributed by atoms with Gasteiger partial charge in [0.05, 0.1) is 6.54 Å². The molecule has 0 bridgehead atoms. The van der Waals surface area contributed by atoms with Gasteiger partial charge < -0.3 is 16.0 Å². The Labute approximate surface area is 150 Å². The summed E-state index contributed by atoms with van der Waals surface area (Å²) in [7, 11) is 1.79. The summed E-state index contributed by atoms with van der Waals surface area (Å²) >= 11 is 0. The lowest BCUT2D eigenvalue weighted by atomic mass is 10.1. The highest BCUT2D eigenvalue weighted by molar-refractivity contribution is 5.79. The average molecular weight is 342 g/mol. The first-order valence-corrected chi connectivity index (χ1v) is 8.72. The number of rotatable bonds is 7. The predicted molar refractivity (Wildman–Crippen MR) is 104 cm³/mol. The summed E-state index contributed by atoms with van der Waals surface area (Å²) < 4.78 is 1.93. The molecule has 0 radical (unpaired) electrons. The fraction of sp³-hybridized carbons (Fsp3) is 0.474. The van der Waals surface area contributed by atoms with E-state index in [0.29, 0.717) is 0 Å². The first-order valence-electron chi connectivity index (χ1n) is 8.72. The number of benzene rings is 1. The number of aromatic nitrogens is 2. The van der Waals surface area contributed by atoms with Crippen LogP contribution in [0.5, 0.6) is 0 Å². The minimum Gasteiger partial charge on any atom is -0.355 e. The molecule has 1 heterocycles. The largest absolute Gasteiger partial charge is 0.355 e. The summed E-state index contributed by atoms with van der Waals surface area (Å²) in [4.78, 5) is 4.29. The van der Waals surface area contributed by atoms with Gasteiger partial charge in [-0.05, 0) is 38.0 Å². The Bertz CT molecular complexity index is 655. The summed E-state index contributed by atoms with van der Waals surface area (Å²) in [6.45, 7) is 9.70. The summed E-state index contributed by atoms with van der Waals surface area (Å²) in [5.41, 5.74) is 2.63. The van der Waals surface area contributed by atoms with Crippen LogP contribution in [0.25, 0.3) is 0 Å². The molecule has 2 aromatic rings. The number of aliphatic imine (C=N–C) groups is 1. The van der Waals surface area contributed by atoms with Gasteiger partial charge in [-0.25, -0.2) is 0 Å². The summed E-state index contributed by atoms with van der Waals surface area (Å²) in [5, 5.41) is 14.5. The molecule has 1 aromatic carbocycles. The molecule has 0 fully saturated rings. The van der Waals surface area contributed by atoms with Gasteiger partial charge in [0.15, 0.2) is 5.96 Å². The second-order valence-corrected chi connectivity index (χ2v) is 7.00. The van der Waals surface area contributed by atoms with Gasteiger partial charge in [0.1, 0.15) is 0 Å². The Morgan fingerprint density at radius 1 is 1.08 bits per heavy atom. The van der Waals surface area contributed by atoms with Crippen molar-refractivity contribution >= 4 is 5.96 Å². The van der Waals surface area contributed by atoms with Crippen molar-refractivity contribution in [3.05, 3.63) is 53.9 Å². The summed E-state index contributed by atoms with van der Waals surface area (Å²) in [6, 6.07) is 10.3. The van der Waals surface area contributed by atoms with Gasteiger partial charge in [0, 0.05) is 44.6 Å². The fourth-order valence-electron chi connectivity index (χ4n) is 2.47. The van der Waals surface area contributed by atoms with E-state index in [1.165, 1.54) is 11.1 Å². The van der Waals surface area contributed by atoms with Gasteiger partial charge in [-0.1, -0.05) is 24.3 Å². The van der Waals surface area contributed by atoms with E-state index in [0.717, 1.165) is 32.1 Å². The minimum absolute atomic E-state index is 0.129. The number of nitrogens with one attached hydrogen (secondary N) is 3. The van der Waals surface area contributed by atoms with E-state index in [4.69, 9.17) is 0 Å². The van der Waals surface area contributed by atoms with E-state index in [-0.39, 0.29) is 5.54 Å². The SMILES string of the molecule is CN=C(NCCNC(C)(C)C)NCc1ccccc1Cn1cccn1. The van der Waals surface area contributed by atoms with Crippen LogP contribution >= 0.6 is 0 Å². The van der Waals surface area contributed by atoms with Crippen LogP contribution in [-0.2, 0) is 13.1 Å². The molecule has 0 spiro atoms. The predicted octanol–water partition coefficient (Wildman–Crippen LogP) is 1.98. The van der Waals surface area contributed by atoms with Crippen LogP contribution in [0.15, 0.2) is 47.7 Å². The van der Waals surface area contributed by atoms with Crippen LogP contribution < -0.4 is 16.0 Å². The maximum Gasteiger partial charge on any atom is 0.191 e. The fourth-order valence-corrected chi connectivity index (χ4v) is 2.47. The van der Waals surface area contributed by atoms with Crippen molar-refractivity contribution < 1.29 is 0 Å². The Morgan fingerprint density at radius 3 is 2.48 bits per heavy atom. The zero-order chi connectivity index (χ0) is 18.1. The van der Waals surface area contributed by atoms with E-state index in [9.17, 15) is 0 Å². The van der Waals surface area contributed by atoms with Crippen molar-refractivity contribution in [2.24, 2.45) is 4.99 Å². The van der Waals surface area contributed by atoms with Crippen molar-refractivity contribution in [1.29, 1.82) is 0 Å². The van der Waals surface area contributed by atoms with Gasteiger partial charge in [-0.3, -0.25) is 9.67 Å². The molecule has 3 N–H and O–H groups in total. The summed E-state index contributed by atoms with van der Waals surface area (Å²) in [6.07, 6.45) is 3.78. The Morgan fingerprint density at radius 2 is 1.84 bits per heavy atom. The molecular weight excluding hydrogens is 312 g/mol. The topological polar surface area (TPSA) is 66.3 Å². The molecule has 6 heteroatoms. The molecule has 0 aliphatic carbocycles. The third-order valence-corrected chi connectivity index (χ3v) is 3.75. The number of guanidine groups is 1. The molecule has 136 valence electrons. The van der Waals surface area contributed by atoms with Crippen molar-refractivity contribution in [2.45, 2.75) is 39.4 Å². The number of nitrogens with zero attached hydrogens (tertiary/aromatic N) is 3. The van der Waals surface area contributed by atoms with E-state index < -0.39 is 0 Å². The minimum atomic E-state index is 0.129. The molecule has 1 aromatic heterocycles. The second-order valence-electron chi connectivity index (χ2n) is 7.00. The smallest absolute Gasteiger partial charge is 0.191 e. The van der Waals surface area contributed by atoms with Gasteiger partial charge in [-0.15, -0.1) is 0 Å². The zero-order valence-electron chi connectivity index (χ0n) is 15.7. The zero-order valence-corrected chi connectivity index (χ0v) is 15.7. The number of hydrogen-bond donors (Lipinski definition) is 3. The van der Waals surface area contributed by atoms with E-state index in [1.807, 2.05) is 16.9 Å². The van der Waals surface area contributed by atoms with Crippen LogP contribution in [0, 0.1) is 0 Å². The van der Waals surface area contributed by atoms with Crippen LogP contribution in [0.2, 0.25) is 0 Å². The van der Waals surface area contributed by atoms with Gasteiger partial charge in [0.2, 0.25) is 0 Å². The van der Waals surface area contributed by atoms with Crippen molar-refractivity contribution in [1.82, 2.24) is 25.7 Å². The van der Waals surface area contributed by atoms with Crippen LogP contribution in [0.1, 0.15) is 31.9 Å². The second kappa shape index (κ2) is 9.22. The van der Waals surface area contributed by atoms with Crippen molar-refractivity contribution in [2.75, 3.05) is 20.1 Å². The van der Waals surface area contributed by atoms with E-state index in [1.54, 1.807) is 13.2 Å². The molecule has 0 atom stereocenters. The van der Waals surface area contributed by atoms with E-state index in [2.05, 4.69) is 71.1 Å². The van der Waals surface area contributed by atoms with Crippen LogP contribution in [0.3, 0.4) is 0 Å². The molecule has 0 amide bonds. The highest BCUT2D eigenvalue weighted by Crippen LogP contribution is 2.10. The quantitative estimate of drug-likeness (QED) is 0.409. The van der Waals surface area contributed by atoms with Gasteiger partial charge in [-0.2, -0.15) is 5.10 Å². The standard InChI is InChI=1S/C19H30N6/c1-19(2,3)23-12-11-21-18(20-4)22-14-16-8-5-6-9-17(16)15-25-13-7-10-24-25/h5-10,13,23H,11-12,14-15H2,1-4H3,(H2,20,21,22).